The maximum absolute atomic E-state index is 14.0. The second kappa shape index (κ2) is 15.5. The SMILES string of the molecule is COc1ccc(CN(C(=O)C(F)(F)F)[C@@H]2C[C@@H](C)N(C(=O)OC(C)C)[C@H]2COC2CCN(C(=O)OCc3ccccc3)CC2)cc1. The Labute approximate surface area is 267 Å². The minimum atomic E-state index is -5.13. The highest BCUT2D eigenvalue weighted by Crippen LogP contribution is 2.34. The molecule has 13 heteroatoms. The van der Waals surface area contributed by atoms with Gasteiger partial charge < -0.3 is 28.7 Å². The zero-order valence-corrected chi connectivity index (χ0v) is 26.6. The molecule has 2 aromatic rings. The molecule has 10 nitrogen and oxygen atoms in total. The summed E-state index contributed by atoms with van der Waals surface area (Å²) < 4.78 is 64.2. The van der Waals surface area contributed by atoms with Gasteiger partial charge in [-0.25, -0.2) is 9.59 Å². The van der Waals surface area contributed by atoms with Crippen molar-refractivity contribution in [1.82, 2.24) is 14.7 Å². The normalized spacial score (nSPS) is 20.5. The van der Waals surface area contributed by atoms with Crippen molar-refractivity contribution in [3.63, 3.8) is 0 Å². The molecular formula is C33H42F3N3O7. The van der Waals surface area contributed by atoms with Crippen LogP contribution in [0.15, 0.2) is 54.6 Å². The molecule has 0 aliphatic carbocycles. The molecule has 0 bridgehead atoms. The lowest BCUT2D eigenvalue weighted by Gasteiger charge is -2.37. The average Bonchev–Trinajstić information content (AvgIpc) is 3.36. The minimum absolute atomic E-state index is 0.102. The van der Waals surface area contributed by atoms with Crippen molar-refractivity contribution in [2.75, 3.05) is 26.8 Å². The first-order valence-electron chi connectivity index (χ1n) is 15.4. The molecule has 2 heterocycles. The van der Waals surface area contributed by atoms with Crippen LogP contribution in [0, 0.1) is 0 Å². The van der Waals surface area contributed by atoms with Crippen LogP contribution in [0.4, 0.5) is 22.8 Å². The number of benzene rings is 2. The van der Waals surface area contributed by atoms with E-state index < -0.39 is 48.5 Å². The molecule has 2 aliphatic rings. The fourth-order valence-corrected chi connectivity index (χ4v) is 5.92. The number of piperidine rings is 1. The topological polar surface area (TPSA) is 97.9 Å². The number of carbonyl (C=O) groups is 3. The Balaban J connectivity index is 1.47. The summed E-state index contributed by atoms with van der Waals surface area (Å²) >= 11 is 0. The van der Waals surface area contributed by atoms with E-state index in [4.69, 9.17) is 18.9 Å². The molecule has 46 heavy (non-hydrogen) atoms. The van der Waals surface area contributed by atoms with Gasteiger partial charge in [0.05, 0.1) is 38.0 Å². The first-order chi connectivity index (χ1) is 21.9. The quantitative estimate of drug-likeness (QED) is 0.322. The Kier molecular flexibility index (Phi) is 11.8. The molecule has 2 saturated heterocycles. The molecule has 0 unspecified atom stereocenters. The van der Waals surface area contributed by atoms with Crippen molar-refractivity contribution in [1.29, 1.82) is 0 Å². The summed E-state index contributed by atoms with van der Waals surface area (Å²) in [6, 6.07) is 13.3. The van der Waals surface area contributed by atoms with Crippen molar-refractivity contribution in [2.24, 2.45) is 0 Å². The van der Waals surface area contributed by atoms with Crippen molar-refractivity contribution in [3.8, 4) is 5.75 Å². The van der Waals surface area contributed by atoms with E-state index in [2.05, 4.69) is 0 Å². The molecule has 2 aromatic carbocycles. The number of ether oxygens (including phenoxy) is 4. The second-order valence-corrected chi connectivity index (χ2v) is 11.9. The number of hydrogen-bond donors (Lipinski definition) is 0. The summed E-state index contributed by atoms with van der Waals surface area (Å²) in [7, 11) is 1.48. The van der Waals surface area contributed by atoms with Crippen molar-refractivity contribution >= 4 is 18.1 Å². The van der Waals surface area contributed by atoms with E-state index in [1.54, 1.807) is 49.9 Å². The van der Waals surface area contributed by atoms with Gasteiger partial charge in [-0.3, -0.25) is 9.69 Å². The van der Waals surface area contributed by atoms with Crippen LogP contribution < -0.4 is 4.74 Å². The van der Waals surface area contributed by atoms with Crippen LogP contribution in [0.5, 0.6) is 5.75 Å². The lowest BCUT2D eigenvalue weighted by atomic mass is 10.0. The zero-order valence-electron chi connectivity index (χ0n) is 26.6. The van der Waals surface area contributed by atoms with E-state index in [1.165, 1.54) is 12.0 Å². The molecule has 252 valence electrons. The van der Waals surface area contributed by atoms with Crippen LogP contribution in [0.1, 0.15) is 51.2 Å². The number of halogens is 3. The summed E-state index contributed by atoms with van der Waals surface area (Å²) in [6.07, 6.45) is -5.97. The third-order valence-corrected chi connectivity index (χ3v) is 8.23. The number of rotatable bonds is 10. The van der Waals surface area contributed by atoms with Gasteiger partial charge in [-0.1, -0.05) is 42.5 Å². The van der Waals surface area contributed by atoms with E-state index in [9.17, 15) is 27.6 Å². The van der Waals surface area contributed by atoms with E-state index >= 15 is 0 Å². The van der Waals surface area contributed by atoms with Crippen molar-refractivity contribution in [2.45, 2.75) is 89.7 Å². The molecule has 0 spiro atoms. The minimum Gasteiger partial charge on any atom is -0.497 e. The smallest absolute Gasteiger partial charge is 0.471 e. The molecule has 4 rings (SSSR count). The first-order valence-corrected chi connectivity index (χ1v) is 15.4. The van der Waals surface area contributed by atoms with Gasteiger partial charge in [-0.15, -0.1) is 0 Å². The number of nitrogens with zero attached hydrogens (tertiary/aromatic N) is 3. The first kappa shape index (κ1) is 34.9. The standard InChI is InChI=1S/C33H42F3N3O7/c1-22(2)46-32(42)39-23(3)18-28(38(30(40)33(34,35)36)19-24-10-12-26(43-4)13-11-24)29(39)21-44-27-14-16-37(17-15-27)31(41)45-20-25-8-6-5-7-9-25/h5-13,22-23,27-29H,14-21H2,1-4H3/t23-,28-,29+/m1/s1. The Morgan fingerprint density at radius 1 is 0.957 bits per heavy atom. The number of alkyl halides is 3. The van der Waals surface area contributed by atoms with Gasteiger partial charge in [0.2, 0.25) is 0 Å². The molecule has 3 amide bonds. The molecular weight excluding hydrogens is 607 g/mol. The highest BCUT2D eigenvalue weighted by atomic mass is 19.4. The van der Waals surface area contributed by atoms with Crippen LogP contribution in [0.25, 0.3) is 0 Å². The highest BCUT2D eigenvalue weighted by Gasteiger charge is 2.52. The van der Waals surface area contributed by atoms with Gasteiger partial charge in [0.25, 0.3) is 0 Å². The lowest BCUT2D eigenvalue weighted by Crippen LogP contribution is -2.54. The largest absolute Gasteiger partial charge is 0.497 e. The van der Waals surface area contributed by atoms with E-state index in [0.29, 0.717) is 37.2 Å². The Bertz CT molecular complexity index is 1300. The van der Waals surface area contributed by atoms with Gasteiger partial charge in [0, 0.05) is 25.7 Å². The fraction of sp³-hybridized carbons (Fsp3) is 0.545. The number of likely N-dealkylation sites (tertiary alicyclic amines) is 2. The second-order valence-electron chi connectivity index (χ2n) is 11.9. The number of methoxy groups -OCH3 is 1. The summed E-state index contributed by atoms with van der Waals surface area (Å²) in [4.78, 5) is 42.5. The molecule has 0 radical (unpaired) electrons. The molecule has 0 aromatic heterocycles. The third-order valence-electron chi connectivity index (χ3n) is 8.23. The van der Waals surface area contributed by atoms with E-state index in [-0.39, 0.29) is 32.3 Å². The molecule has 2 fully saturated rings. The maximum atomic E-state index is 14.0. The van der Waals surface area contributed by atoms with Crippen LogP contribution in [-0.4, -0.2) is 96.1 Å². The van der Waals surface area contributed by atoms with Gasteiger partial charge >= 0.3 is 24.3 Å². The van der Waals surface area contributed by atoms with Crippen LogP contribution in [0.2, 0.25) is 0 Å². The number of carbonyl (C=O) groups excluding carboxylic acids is 3. The third kappa shape index (κ3) is 9.05. The van der Waals surface area contributed by atoms with Gasteiger partial charge in [-0.2, -0.15) is 13.2 Å². The summed E-state index contributed by atoms with van der Waals surface area (Å²) in [5.74, 6) is -1.47. The monoisotopic (exact) mass is 649 g/mol. The Morgan fingerprint density at radius 3 is 2.20 bits per heavy atom. The van der Waals surface area contributed by atoms with Crippen LogP contribution in [-0.2, 0) is 32.2 Å². The average molecular weight is 650 g/mol. The van der Waals surface area contributed by atoms with E-state index in [0.717, 1.165) is 10.5 Å². The lowest BCUT2D eigenvalue weighted by molar-refractivity contribution is -0.189. The summed E-state index contributed by atoms with van der Waals surface area (Å²) in [5.41, 5.74) is 1.35. The fourth-order valence-electron chi connectivity index (χ4n) is 5.92. The predicted molar refractivity (Wildman–Crippen MR) is 162 cm³/mol. The van der Waals surface area contributed by atoms with Gasteiger partial charge in [0.1, 0.15) is 12.4 Å². The summed E-state index contributed by atoms with van der Waals surface area (Å²) in [6.45, 7) is 5.55. The van der Waals surface area contributed by atoms with Crippen molar-refractivity contribution < 1.29 is 46.5 Å². The van der Waals surface area contributed by atoms with Crippen molar-refractivity contribution in [3.05, 3.63) is 65.7 Å². The van der Waals surface area contributed by atoms with Crippen LogP contribution >= 0.6 is 0 Å². The van der Waals surface area contributed by atoms with Gasteiger partial charge in [-0.05, 0) is 63.3 Å². The number of amides is 3. The Hall–Kier alpha value is -4.00. The highest BCUT2D eigenvalue weighted by molar-refractivity contribution is 5.82. The van der Waals surface area contributed by atoms with Gasteiger partial charge in [0.15, 0.2) is 0 Å². The Morgan fingerprint density at radius 2 is 1.61 bits per heavy atom. The molecule has 0 saturated carbocycles. The van der Waals surface area contributed by atoms with Crippen LogP contribution in [0.3, 0.4) is 0 Å². The zero-order chi connectivity index (χ0) is 33.4. The number of hydrogen-bond acceptors (Lipinski definition) is 7. The van der Waals surface area contributed by atoms with E-state index in [1.807, 2.05) is 30.3 Å². The maximum Gasteiger partial charge on any atom is 0.471 e. The predicted octanol–water partition coefficient (Wildman–Crippen LogP) is 5.78. The molecule has 3 atom stereocenters. The molecule has 0 N–H and O–H groups in total. The molecule has 2 aliphatic heterocycles. The summed E-state index contributed by atoms with van der Waals surface area (Å²) in [5, 5.41) is 0.